The summed E-state index contributed by atoms with van der Waals surface area (Å²) in [6.45, 7) is 2.62. The maximum atomic E-state index is 11.9. The third kappa shape index (κ3) is 2.85. The van der Waals surface area contributed by atoms with Crippen molar-refractivity contribution in [3.8, 4) is 0 Å². The Labute approximate surface area is 131 Å². The van der Waals surface area contributed by atoms with Crippen molar-refractivity contribution in [2.45, 2.75) is 44.2 Å². The van der Waals surface area contributed by atoms with E-state index in [9.17, 15) is 15.0 Å². The summed E-state index contributed by atoms with van der Waals surface area (Å²) in [5.41, 5.74) is 0.329. The van der Waals surface area contributed by atoms with Crippen molar-refractivity contribution in [3.63, 3.8) is 0 Å². The smallest absolute Gasteiger partial charge is 0.313 e. The zero-order valence-corrected chi connectivity index (χ0v) is 12.9. The van der Waals surface area contributed by atoms with Gasteiger partial charge < -0.3 is 14.9 Å². The highest BCUT2D eigenvalue weighted by Crippen LogP contribution is 2.41. The normalized spacial score (nSPS) is 32.5. The molecular weight excluding hydrogens is 282 g/mol. The predicted molar refractivity (Wildman–Crippen MR) is 82.6 cm³/mol. The molecule has 2 heterocycles. The van der Waals surface area contributed by atoms with Gasteiger partial charge in [0.25, 0.3) is 0 Å². The third-order valence-electron chi connectivity index (χ3n) is 5.45. The topological polar surface area (TPSA) is 70.0 Å². The number of hydrogen-bond acceptors (Lipinski definition) is 4. The average Bonchev–Trinajstić information content (AvgIpc) is 2.56. The molecular formula is C17H25NO4. The second kappa shape index (κ2) is 6.52. The molecule has 0 aromatic carbocycles. The van der Waals surface area contributed by atoms with Crippen molar-refractivity contribution in [1.82, 2.24) is 4.90 Å². The van der Waals surface area contributed by atoms with Crippen LogP contribution in [0.15, 0.2) is 23.8 Å². The van der Waals surface area contributed by atoms with E-state index in [-0.39, 0.29) is 12.1 Å². The Morgan fingerprint density at radius 1 is 1.27 bits per heavy atom. The summed E-state index contributed by atoms with van der Waals surface area (Å²) < 4.78 is 5.35. The highest BCUT2D eigenvalue weighted by Gasteiger charge is 2.44. The molecule has 0 spiro atoms. The fourth-order valence-electron chi connectivity index (χ4n) is 3.99. The van der Waals surface area contributed by atoms with Gasteiger partial charge in [0.2, 0.25) is 0 Å². The van der Waals surface area contributed by atoms with Gasteiger partial charge in [0.15, 0.2) is 0 Å². The summed E-state index contributed by atoms with van der Waals surface area (Å²) in [4.78, 5) is 14.1. The zero-order valence-electron chi connectivity index (χ0n) is 12.9. The van der Waals surface area contributed by atoms with Gasteiger partial charge in [-0.05, 0) is 32.1 Å². The molecule has 0 aromatic heterocycles. The molecule has 2 atom stereocenters. The average molecular weight is 307 g/mol. The van der Waals surface area contributed by atoms with Crippen LogP contribution in [0.4, 0.5) is 0 Å². The Balaban J connectivity index is 1.72. The number of carbonyl (C=O) groups is 1. The molecule has 1 saturated heterocycles. The number of aliphatic carboxylic acids is 1. The highest BCUT2D eigenvalue weighted by atomic mass is 16.5. The Bertz CT molecular complexity index is 479. The van der Waals surface area contributed by atoms with E-state index in [0.29, 0.717) is 32.5 Å². The number of carboxylic acid groups (broad SMARTS) is 1. The number of aliphatic hydroxyl groups is 1. The van der Waals surface area contributed by atoms with Crippen LogP contribution in [0.5, 0.6) is 0 Å². The number of rotatable bonds is 3. The van der Waals surface area contributed by atoms with Gasteiger partial charge in [-0.2, -0.15) is 0 Å². The summed E-state index contributed by atoms with van der Waals surface area (Å²) in [7, 11) is 0. The molecule has 0 saturated carbocycles. The van der Waals surface area contributed by atoms with Crippen molar-refractivity contribution >= 4 is 5.97 Å². The standard InChI is InChI=1S/C17H25NO4/c19-15-4-2-1-3-14(15)18-9-5-13(6-10-18)17(16(20)21)7-11-22-12-8-17/h1-2,5,14-15,19H,3-4,6-12H2,(H,20,21). The number of ether oxygens (including phenoxy) is 1. The van der Waals surface area contributed by atoms with E-state index >= 15 is 0 Å². The number of hydrogen-bond donors (Lipinski definition) is 2. The van der Waals surface area contributed by atoms with Crippen LogP contribution in [0.25, 0.3) is 0 Å². The first kappa shape index (κ1) is 15.7. The van der Waals surface area contributed by atoms with E-state index in [4.69, 9.17) is 4.74 Å². The molecule has 0 radical (unpaired) electrons. The van der Waals surface area contributed by atoms with Crippen LogP contribution >= 0.6 is 0 Å². The Morgan fingerprint density at radius 2 is 2.00 bits per heavy atom. The summed E-state index contributed by atoms with van der Waals surface area (Å²) in [5, 5.41) is 19.9. The van der Waals surface area contributed by atoms with Crippen molar-refractivity contribution in [3.05, 3.63) is 23.8 Å². The minimum Gasteiger partial charge on any atom is -0.481 e. The Kier molecular flexibility index (Phi) is 4.66. The molecule has 0 amide bonds. The molecule has 1 aliphatic carbocycles. The van der Waals surface area contributed by atoms with E-state index in [2.05, 4.69) is 17.1 Å². The van der Waals surface area contributed by atoms with Gasteiger partial charge in [0.05, 0.1) is 11.5 Å². The van der Waals surface area contributed by atoms with E-state index in [1.54, 1.807) is 0 Å². The van der Waals surface area contributed by atoms with Gasteiger partial charge >= 0.3 is 5.97 Å². The van der Waals surface area contributed by atoms with E-state index < -0.39 is 11.4 Å². The fourth-order valence-corrected chi connectivity index (χ4v) is 3.99. The molecule has 0 aromatic rings. The quantitative estimate of drug-likeness (QED) is 0.775. The lowest BCUT2D eigenvalue weighted by Crippen LogP contribution is -2.48. The minimum atomic E-state index is -0.727. The van der Waals surface area contributed by atoms with Gasteiger partial charge in [0.1, 0.15) is 0 Å². The largest absolute Gasteiger partial charge is 0.481 e. The maximum absolute atomic E-state index is 11.9. The lowest BCUT2D eigenvalue weighted by atomic mass is 9.71. The predicted octanol–water partition coefficient (Wildman–Crippen LogP) is 1.58. The first-order chi connectivity index (χ1) is 10.6. The number of aliphatic hydroxyl groups excluding tert-OH is 1. The molecule has 3 rings (SSSR count). The van der Waals surface area contributed by atoms with Gasteiger partial charge in [-0.1, -0.05) is 23.8 Å². The fraction of sp³-hybridized carbons (Fsp3) is 0.706. The van der Waals surface area contributed by atoms with Crippen molar-refractivity contribution in [1.29, 1.82) is 0 Å². The van der Waals surface area contributed by atoms with Gasteiger partial charge in [-0.3, -0.25) is 9.69 Å². The van der Waals surface area contributed by atoms with E-state index in [1.807, 2.05) is 6.08 Å². The van der Waals surface area contributed by atoms with Crippen LogP contribution < -0.4 is 0 Å². The molecule has 2 N–H and O–H groups in total. The summed E-state index contributed by atoms with van der Waals surface area (Å²) in [6, 6.07) is 0.165. The van der Waals surface area contributed by atoms with Gasteiger partial charge in [-0.15, -0.1) is 0 Å². The molecule has 5 nitrogen and oxygen atoms in total. The number of carboxylic acids is 1. The molecule has 2 unspecified atom stereocenters. The summed E-state index contributed by atoms with van der Waals surface area (Å²) in [5.74, 6) is -0.712. The summed E-state index contributed by atoms with van der Waals surface area (Å²) in [6.07, 6.45) is 9.47. The second-order valence-electron chi connectivity index (χ2n) is 6.55. The lowest BCUT2D eigenvalue weighted by molar-refractivity contribution is -0.151. The van der Waals surface area contributed by atoms with Crippen molar-refractivity contribution in [2.24, 2.45) is 5.41 Å². The van der Waals surface area contributed by atoms with Crippen LogP contribution in [0.3, 0.4) is 0 Å². The van der Waals surface area contributed by atoms with E-state index in [0.717, 1.165) is 31.5 Å². The first-order valence-electron chi connectivity index (χ1n) is 8.21. The van der Waals surface area contributed by atoms with Crippen LogP contribution in [0.1, 0.15) is 32.1 Å². The first-order valence-corrected chi connectivity index (χ1v) is 8.21. The third-order valence-corrected chi connectivity index (χ3v) is 5.45. The monoisotopic (exact) mass is 307 g/mol. The van der Waals surface area contributed by atoms with Crippen molar-refractivity contribution < 1.29 is 19.7 Å². The minimum absolute atomic E-state index is 0.165. The van der Waals surface area contributed by atoms with Crippen LogP contribution in [-0.4, -0.2) is 59.5 Å². The van der Waals surface area contributed by atoms with E-state index in [1.165, 1.54) is 0 Å². The van der Waals surface area contributed by atoms with Crippen LogP contribution in [0, 0.1) is 5.41 Å². The van der Waals surface area contributed by atoms with Crippen molar-refractivity contribution in [2.75, 3.05) is 26.3 Å². The summed E-state index contributed by atoms with van der Waals surface area (Å²) >= 11 is 0. The molecule has 1 fully saturated rings. The van der Waals surface area contributed by atoms with Crippen LogP contribution in [0.2, 0.25) is 0 Å². The zero-order chi connectivity index (χ0) is 15.6. The molecule has 2 aliphatic heterocycles. The molecule has 22 heavy (non-hydrogen) atoms. The van der Waals surface area contributed by atoms with Gasteiger partial charge in [-0.25, -0.2) is 0 Å². The molecule has 5 heteroatoms. The second-order valence-corrected chi connectivity index (χ2v) is 6.55. The lowest BCUT2D eigenvalue weighted by Gasteiger charge is -2.42. The Morgan fingerprint density at radius 3 is 2.59 bits per heavy atom. The maximum Gasteiger partial charge on any atom is 0.313 e. The Hall–Kier alpha value is -1.17. The van der Waals surface area contributed by atoms with Gasteiger partial charge in [0, 0.05) is 32.3 Å². The molecule has 3 aliphatic rings. The number of nitrogens with zero attached hydrogens (tertiary/aromatic N) is 1. The highest BCUT2D eigenvalue weighted by molar-refractivity contribution is 5.79. The molecule has 0 bridgehead atoms. The van der Waals surface area contributed by atoms with Crippen LogP contribution in [-0.2, 0) is 9.53 Å². The SMILES string of the molecule is O=C(O)C1(C2=CCN(C3CC=CCC3O)CC2)CCOCC1. The molecule has 122 valence electrons.